The highest BCUT2D eigenvalue weighted by molar-refractivity contribution is 5.95. The highest BCUT2D eigenvalue weighted by atomic mass is 16.4. The molecule has 2 aliphatic heterocycles. The van der Waals surface area contributed by atoms with Crippen molar-refractivity contribution in [2.45, 2.75) is 32.2 Å². The Balaban J connectivity index is 1.85. The summed E-state index contributed by atoms with van der Waals surface area (Å²) in [5.41, 5.74) is 0.148. The first-order valence-corrected chi connectivity index (χ1v) is 8.62. The Morgan fingerprint density at radius 3 is 2.84 bits per heavy atom. The van der Waals surface area contributed by atoms with E-state index in [0.717, 1.165) is 13.0 Å². The van der Waals surface area contributed by atoms with E-state index < -0.39 is 11.4 Å². The maximum absolute atomic E-state index is 13.0. The fourth-order valence-electron chi connectivity index (χ4n) is 3.87. The third-order valence-electron chi connectivity index (χ3n) is 5.33. The molecule has 0 radical (unpaired) electrons. The minimum absolute atomic E-state index is 0.0729. The number of likely N-dealkylation sites (tertiary alicyclic amines) is 1. The van der Waals surface area contributed by atoms with Crippen LogP contribution in [0.2, 0.25) is 0 Å². The largest absolute Gasteiger partial charge is 0.481 e. The van der Waals surface area contributed by atoms with E-state index in [9.17, 15) is 14.7 Å². The number of amides is 1. The predicted molar refractivity (Wildman–Crippen MR) is 92.7 cm³/mol. The SMILES string of the molecule is Cc1nc(N(C)C)ncc1C(=O)N1CC[C@@H]2NCCC[C@@]2(C(=O)O)C1. The number of nitrogens with one attached hydrogen (secondary N) is 1. The second-order valence-corrected chi connectivity index (χ2v) is 7.15. The van der Waals surface area contributed by atoms with E-state index >= 15 is 0 Å². The number of hydrogen-bond donors (Lipinski definition) is 2. The maximum Gasteiger partial charge on any atom is 0.313 e. The Bertz CT molecular complexity index is 693. The Kier molecular flexibility index (Phi) is 4.64. The van der Waals surface area contributed by atoms with Crippen molar-refractivity contribution in [3.63, 3.8) is 0 Å². The fourth-order valence-corrected chi connectivity index (χ4v) is 3.87. The topological polar surface area (TPSA) is 98.7 Å². The molecule has 2 fully saturated rings. The van der Waals surface area contributed by atoms with Gasteiger partial charge in [0.1, 0.15) is 5.41 Å². The van der Waals surface area contributed by atoms with Gasteiger partial charge in [0.15, 0.2) is 0 Å². The molecule has 1 aromatic heterocycles. The van der Waals surface area contributed by atoms with Crippen LogP contribution in [0.4, 0.5) is 5.95 Å². The normalized spacial score (nSPS) is 26.0. The van der Waals surface area contributed by atoms with E-state index in [1.165, 1.54) is 0 Å². The molecule has 8 heteroatoms. The van der Waals surface area contributed by atoms with E-state index in [4.69, 9.17) is 0 Å². The van der Waals surface area contributed by atoms with Crippen molar-refractivity contribution in [2.24, 2.45) is 5.41 Å². The van der Waals surface area contributed by atoms with Crippen molar-refractivity contribution in [3.8, 4) is 0 Å². The molecule has 1 amide bonds. The first-order valence-electron chi connectivity index (χ1n) is 8.62. The van der Waals surface area contributed by atoms with Crippen molar-refractivity contribution in [2.75, 3.05) is 38.6 Å². The molecule has 0 bridgehead atoms. The van der Waals surface area contributed by atoms with E-state index in [2.05, 4.69) is 15.3 Å². The molecule has 2 N–H and O–H groups in total. The van der Waals surface area contributed by atoms with E-state index in [1.807, 2.05) is 14.1 Å². The zero-order valence-electron chi connectivity index (χ0n) is 14.9. The number of aliphatic carboxylic acids is 1. The molecule has 8 nitrogen and oxygen atoms in total. The number of nitrogens with zero attached hydrogens (tertiary/aromatic N) is 4. The summed E-state index contributed by atoms with van der Waals surface area (Å²) >= 11 is 0. The molecule has 1 aromatic rings. The Morgan fingerprint density at radius 1 is 1.44 bits per heavy atom. The average Bonchev–Trinajstić information content (AvgIpc) is 2.60. The number of carboxylic acids is 1. The van der Waals surface area contributed by atoms with Crippen LogP contribution in [0.15, 0.2) is 6.20 Å². The lowest BCUT2D eigenvalue weighted by Crippen LogP contribution is -2.63. The molecule has 2 saturated heterocycles. The minimum Gasteiger partial charge on any atom is -0.481 e. The Hall–Kier alpha value is -2.22. The van der Waals surface area contributed by atoms with Crippen molar-refractivity contribution in [1.82, 2.24) is 20.2 Å². The molecular formula is C17H25N5O3. The van der Waals surface area contributed by atoms with Crippen molar-refractivity contribution in [3.05, 3.63) is 17.5 Å². The molecule has 2 aliphatic rings. The lowest BCUT2D eigenvalue weighted by molar-refractivity contribution is -0.156. The van der Waals surface area contributed by atoms with E-state index in [0.29, 0.717) is 36.6 Å². The third-order valence-corrected chi connectivity index (χ3v) is 5.33. The number of hydrogen-bond acceptors (Lipinski definition) is 6. The van der Waals surface area contributed by atoms with Crippen molar-refractivity contribution >= 4 is 17.8 Å². The van der Waals surface area contributed by atoms with Crippen LogP contribution in [0.5, 0.6) is 0 Å². The molecule has 136 valence electrons. The van der Waals surface area contributed by atoms with Crippen LogP contribution in [0.25, 0.3) is 0 Å². The van der Waals surface area contributed by atoms with Crippen LogP contribution < -0.4 is 10.2 Å². The van der Waals surface area contributed by atoms with Gasteiger partial charge in [-0.05, 0) is 32.7 Å². The summed E-state index contributed by atoms with van der Waals surface area (Å²) in [5, 5.41) is 13.2. The summed E-state index contributed by atoms with van der Waals surface area (Å²) in [5.74, 6) is -0.461. The van der Waals surface area contributed by atoms with Crippen molar-refractivity contribution < 1.29 is 14.7 Å². The number of carboxylic acid groups (broad SMARTS) is 1. The summed E-state index contributed by atoms with van der Waals surface area (Å²) < 4.78 is 0. The standard InChI is InChI=1S/C17H25N5O3/c1-11-12(9-19-16(20-11)21(2)3)14(23)22-8-5-13-17(10-22,15(24)25)6-4-7-18-13/h9,13,18H,4-8,10H2,1-3H3,(H,24,25)/t13-,17+/m0/s1. The lowest BCUT2D eigenvalue weighted by Gasteiger charge is -2.48. The minimum atomic E-state index is -0.898. The van der Waals surface area contributed by atoms with Gasteiger partial charge in [-0.15, -0.1) is 0 Å². The molecule has 0 aliphatic carbocycles. The van der Waals surface area contributed by atoms with Crippen LogP contribution in [-0.4, -0.2) is 71.6 Å². The van der Waals surface area contributed by atoms with Crippen LogP contribution in [-0.2, 0) is 4.79 Å². The van der Waals surface area contributed by atoms with Crippen LogP contribution in [0, 0.1) is 12.3 Å². The maximum atomic E-state index is 13.0. The van der Waals surface area contributed by atoms with Crippen LogP contribution in [0.3, 0.4) is 0 Å². The van der Waals surface area contributed by atoms with E-state index in [-0.39, 0.29) is 18.5 Å². The molecule has 25 heavy (non-hydrogen) atoms. The first kappa shape index (κ1) is 17.6. The van der Waals surface area contributed by atoms with Gasteiger partial charge in [-0.2, -0.15) is 0 Å². The molecule has 0 unspecified atom stereocenters. The summed E-state index contributed by atoms with van der Waals surface area (Å²) in [4.78, 5) is 37.0. The molecule has 0 saturated carbocycles. The summed E-state index contributed by atoms with van der Waals surface area (Å²) in [6.07, 6.45) is 3.59. The van der Waals surface area contributed by atoms with Gasteiger partial charge in [0, 0.05) is 39.4 Å². The van der Waals surface area contributed by atoms with Crippen molar-refractivity contribution in [1.29, 1.82) is 0 Å². The summed E-state index contributed by atoms with van der Waals surface area (Å²) in [6, 6.07) is -0.0729. The number of fused-ring (bicyclic) bond motifs is 1. The number of aromatic nitrogens is 2. The Labute approximate surface area is 147 Å². The predicted octanol–water partition coefficient (Wildman–Crippen LogP) is 0.520. The van der Waals surface area contributed by atoms with Gasteiger partial charge in [-0.25, -0.2) is 9.97 Å². The van der Waals surface area contributed by atoms with Gasteiger partial charge >= 0.3 is 5.97 Å². The van der Waals surface area contributed by atoms with Gasteiger partial charge < -0.3 is 20.2 Å². The molecule has 2 atom stereocenters. The molecule has 0 spiro atoms. The smallest absolute Gasteiger partial charge is 0.313 e. The van der Waals surface area contributed by atoms with Gasteiger partial charge in [-0.1, -0.05) is 0 Å². The fraction of sp³-hybridized carbons (Fsp3) is 0.647. The summed E-state index contributed by atoms with van der Waals surface area (Å²) in [7, 11) is 3.68. The van der Waals surface area contributed by atoms with Gasteiger partial charge in [0.25, 0.3) is 5.91 Å². The number of carbonyl (C=O) groups is 2. The number of carbonyl (C=O) groups excluding carboxylic acids is 1. The van der Waals surface area contributed by atoms with E-state index in [1.54, 1.807) is 22.9 Å². The lowest BCUT2D eigenvalue weighted by atomic mass is 9.70. The summed E-state index contributed by atoms with van der Waals surface area (Å²) in [6.45, 7) is 3.39. The number of aryl methyl sites for hydroxylation is 1. The quantitative estimate of drug-likeness (QED) is 0.822. The highest BCUT2D eigenvalue weighted by Crippen LogP contribution is 2.38. The highest BCUT2D eigenvalue weighted by Gasteiger charge is 2.51. The van der Waals surface area contributed by atoms with Gasteiger partial charge in [0.05, 0.1) is 11.3 Å². The number of rotatable bonds is 3. The molecule has 3 heterocycles. The molecule has 0 aromatic carbocycles. The van der Waals surface area contributed by atoms with Crippen LogP contribution >= 0.6 is 0 Å². The Morgan fingerprint density at radius 2 is 2.20 bits per heavy atom. The average molecular weight is 347 g/mol. The monoisotopic (exact) mass is 347 g/mol. The van der Waals surface area contributed by atoms with Gasteiger partial charge in [0.2, 0.25) is 5.95 Å². The first-order chi connectivity index (χ1) is 11.8. The number of anilines is 1. The third kappa shape index (κ3) is 3.06. The molecule has 3 rings (SSSR count). The number of piperidine rings is 2. The second kappa shape index (κ2) is 6.59. The van der Waals surface area contributed by atoms with Crippen LogP contribution in [0.1, 0.15) is 35.3 Å². The second-order valence-electron chi connectivity index (χ2n) is 7.15. The molecular weight excluding hydrogens is 322 g/mol. The zero-order chi connectivity index (χ0) is 18.2. The van der Waals surface area contributed by atoms with Gasteiger partial charge in [-0.3, -0.25) is 9.59 Å². The zero-order valence-corrected chi connectivity index (χ0v) is 14.9.